The predicted octanol–water partition coefficient (Wildman–Crippen LogP) is 2.86. The summed E-state index contributed by atoms with van der Waals surface area (Å²) in [6.45, 7) is 10.4. The van der Waals surface area contributed by atoms with Crippen molar-refractivity contribution in [2.24, 2.45) is 5.41 Å². The van der Waals surface area contributed by atoms with Crippen molar-refractivity contribution >= 4 is 11.8 Å². The molecule has 4 heteroatoms. The summed E-state index contributed by atoms with van der Waals surface area (Å²) < 4.78 is 0. The molecular weight excluding hydrogens is 264 g/mol. The molecule has 4 nitrogen and oxygen atoms in total. The van der Waals surface area contributed by atoms with Crippen LogP contribution in [0.5, 0.6) is 0 Å². The van der Waals surface area contributed by atoms with E-state index in [4.69, 9.17) is 0 Å². The van der Waals surface area contributed by atoms with Gasteiger partial charge in [0.25, 0.3) is 0 Å². The van der Waals surface area contributed by atoms with Crippen LogP contribution < -0.4 is 5.32 Å². The van der Waals surface area contributed by atoms with Gasteiger partial charge in [0.2, 0.25) is 11.8 Å². The van der Waals surface area contributed by atoms with E-state index in [1.807, 2.05) is 25.7 Å². The molecule has 1 unspecified atom stereocenters. The van der Waals surface area contributed by atoms with Crippen molar-refractivity contribution in [3.8, 4) is 0 Å². The summed E-state index contributed by atoms with van der Waals surface area (Å²) in [5.41, 5.74) is -0.857. The first-order valence-electron chi connectivity index (χ1n) is 8.41. The molecule has 2 aliphatic rings. The summed E-state index contributed by atoms with van der Waals surface area (Å²) in [6.07, 6.45) is 5.46. The SMILES string of the molecule is CCC(CC)N1C(=O)C2(CCCC2)NC(=O)C1C(C)(C)C. The topological polar surface area (TPSA) is 49.4 Å². The van der Waals surface area contributed by atoms with Gasteiger partial charge < -0.3 is 10.2 Å². The van der Waals surface area contributed by atoms with Crippen LogP contribution in [0, 0.1) is 5.41 Å². The number of rotatable bonds is 3. The van der Waals surface area contributed by atoms with Crippen LogP contribution in [0.3, 0.4) is 0 Å². The van der Waals surface area contributed by atoms with Gasteiger partial charge in [-0.1, -0.05) is 47.5 Å². The lowest BCUT2D eigenvalue weighted by molar-refractivity contribution is -0.163. The molecule has 0 aromatic rings. The van der Waals surface area contributed by atoms with Crippen LogP contribution in [0.4, 0.5) is 0 Å². The predicted molar refractivity (Wildman–Crippen MR) is 83.8 cm³/mol. The van der Waals surface area contributed by atoms with Gasteiger partial charge in [-0.15, -0.1) is 0 Å². The molecule has 1 saturated carbocycles. The summed E-state index contributed by atoms with van der Waals surface area (Å²) in [7, 11) is 0. The third-order valence-electron chi connectivity index (χ3n) is 5.15. The Bertz CT molecular complexity index is 415. The van der Waals surface area contributed by atoms with Crippen molar-refractivity contribution in [3.05, 3.63) is 0 Å². The third kappa shape index (κ3) is 2.69. The van der Waals surface area contributed by atoms with Crippen LogP contribution in [-0.4, -0.2) is 34.3 Å². The Balaban J connectivity index is 2.44. The van der Waals surface area contributed by atoms with E-state index in [0.29, 0.717) is 0 Å². The van der Waals surface area contributed by atoms with E-state index < -0.39 is 5.54 Å². The molecule has 1 aliphatic carbocycles. The first-order chi connectivity index (χ1) is 9.77. The maximum absolute atomic E-state index is 13.2. The van der Waals surface area contributed by atoms with Crippen LogP contribution in [0.1, 0.15) is 73.1 Å². The van der Waals surface area contributed by atoms with Crippen LogP contribution >= 0.6 is 0 Å². The highest BCUT2D eigenvalue weighted by Gasteiger charge is 2.55. The van der Waals surface area contributed by atoms with E-state index in [0.717, 1.165) is 38.5 Å². The molecule has 0 bridgehead atoms. The van der Waals surface area contributed by atoms with Crippen molar-refractivity contribution in [2.45, 2.75) is 90.8 Å². The van der Waals surface area contributed by atoms with Crippen LogP contribution in [0.25, 0.3) is 0 Å². The molecule has 1 heterocycles. The number of carbonyl (C=O) groups excluding carboxylic acids is 2. The number of amides is 2. The molecule has 21 heavy (non-hydrogen) atoms. The molecule has 120 valence electrons. The quantitative estimate of drug-likeness (QED) is 0.870. The van der Waals surface area contributed by atoms with Gasteiger partial charge in [0, 0.05) is 6.04 Å². The standard InChI is InChI=1S/C17H30N2O2/c1-6-12(7-2)19-13(16(3,4)5)14(20)18-17(15(19)21)10-8-9-11-17/h12-13H,6-11H2,1-5H3,(H,18,20). The smallest absolute Gasteiger partial charge is 0.249 e. The zero-order chi connectivity index (χ0) is 15.8. The first kappa shape index (κ1) is 16.3. The Morgan fingerprint density at radius 3 is 2.14 bits per heavy atom. The van der Waals surface area contributed by atoms with E-state index in [9.17, 15) is 9.59 Å². The zero-order valence-electron chi connectivity index (χ0n) is 14.2. The van der Waals surface area contributed by atoms with Crippen molar-refractivity contribution in [1.29, 1.82) is 0 Å². The summed E-state index contributed by atoms with van der Waals surface area (Å²) in [5, 5.41) is 3.10. The number of hydrogen-bond donors (Lipinski definition) is 1. The Hall–Kier alpha value is -1.06. The summed E-state index contributed by atoms with van der Waals surface area (Å²) in [6, 6.07) is -0.202. The van der Waals surface area contributed by atoms with Crippen molar-refractivity contribution < 1.29 is 9.59 Å². The fraction of sp³-hybridized carbons (Fsp3) is 0.882. The highest BCUT2D eigenvalue weighted by Crippen LogP contribution is 2.39. The molecular formula is C17H30N2O2. The summed E-state index contributed by atoms with van der Waals surface area (Å²) in [4.78, 5) is 27.9. The van der Waals surface area contributed by atoms with Crippen LogP contribution in [0.15, 0.2) is 0 Å². The third-order valence-corrected chi connectivity index (χ3v) is 5.15. The molecule has 1 spiro atoms. The maximum Gasteiger partial charge on any atom is 0.249 e. The molecule has 1 N–H and O–H groups in total. The first-order valence-corrected chi connectivity index (χ1v) is 8.41. The van der Waals surface area contributed by atoms with E-state index in [1.54, 1.807) is 0 Å². The summed E-state index contributed by atoms with van der Waals surface area (Å²) in [5.74, 6) is 0.198. The average Bonchev–Trinajstić information content (AvgIpc) is 2.84. The highest BCUT2D eigenvalue weighted by atomic mass is 16.2. The lowest BCUT2D eigenvalue weighted by atomic mass is 9.78. The Kier molecular flexibility index (Phi) is 4.36. The number of piperazine rings is 1. The van der Waals surface area contributed by atoms with E-state index in [-0.39, 0.29) is 29.3 Å². The van der Waals surface area contributed by atoms with Gasteiger partial charge in [-0.3, -0.25) is 9.59 Å². The molecule has 0 aromatic carbocycles. The van der Waals surface area contributed by atoms with Gasteiger partial charge in [0.1, 0.15) is 11.6 Å². The van der Waals surface area contributed by atoms with Crippen molar-refractivity contribution in [2.75, 3.05) is 0 Å². The second kappa shape index (κ2) is 5.62. The Labute approximate surface area is 128 Å². The maximum atomic E-state index is 13.2. The molecule has 1 aliphatic heterocycles. The summed E-state index contributed by atoms with van der Waals surface area (Å²) >= 11 is 0. The average molecular weight is 294 g/mol. The molecule has 2 rings (SSSR count). The van der Waals surface area contributed by atoms with E-state index >= 15 is 0 Å². The number of nitrogens with one attached hydrogen (secondary N) is 1. The van der Waals surface area contributed by atoms with E-state index in [1.165, 1.54) is 0 Å². The van der Waals surface area contributed by atoms with Gasteiger partial charge in [0.15, 0.2) is 0 Å². The van der Waals surface area contributed by atoms with Gasteiger partial charge in [-0.05, 0) is 31.1 Å². The zero-order valence-corrected chi connectivity index (χ0v) is 14.2. The van der Waals surface area contributed by atoms with E-state index in [2.05, 4.69) is 19.2 Å². The normalized spacial score (nSPS) is 25.8. The van der Waals surface area contributed by atoms with Crippen LogP contribution in [0.2, 0.25) is 0 Å². The molecule has 0 aromatic heterocycles. The Morgan fingerprint density at radius 1 is 1.19 bits per heavy atom. The minimum absolute atomic E-state index is 0.0379. The Morgan fingerprint density at radius 2 is 1.71 bits per heavy atom. The molecule has 0 radical (unpaired) electrons. The van der Waals surface area contributed by atoms with Crippen molar-refractivity contribution in [3.63, 3.8) is 0 Å². The molecule has 2 amide bonds. The number of hydrogen-bond acceptors (Lipinski definition) is 2. The van der Waals surface area contributed by atoms with Gasteiger partial charge in [0.05, 0.1) is 0 Å². The van der Waals surface area contributed by atoms with Gasteiger partial charge in [-0.25, -0.2) is 0 Å². The van der Waals surface area contributed by atoms with Gasteiger partial charge >= 0.3 is 0 Å². The number of nitrogens with zero attached hydrogens (tertiary/aromatic N) is 1. The minimum atomic E-state index is -0.610. The molecule has 2 fully saturated rings. The second-order valence-corrected chi connectivity index (χ2v) is 7.73. The highest BCUT2D eigenvalue weighted by molar-refractivity contribution is 6.00. The second-order valence-electron chi connectivity index (χ2n) is 7.73. The lowest BCUT2D eigenvalue weighted by Gasteiger charge is -2.51. The molecule has 1 atom stereocenters. The fourth-order valence-electron chi connectivity index (χ4n) is 4.04. The van der Waals surface area contributed by atoms with Crippen molar-refractivity contribution in [1.82, 2.24) is 10.2 Å². The fourth-order valence-corrected chi connectivity index (χ4v) is 4.04. The molecule has 1 saturated heterocycles. The largest absolute Gasteiger partial charge is 0.340 e. The van der Waals surface area contributed by atoms with Crippen LogP contribution in [-0.2, 0) is 9.59 Å². The lowest BCUT2D eigenvalue weighted by Crippen LogP contribution is -2.73. The minimum Gasteiger partial charge on any atom is -0.340 e. The monoisotopic (exact) mass is 294 g/mol. The number of carbonyl (C=O) groups is 2. The van der Waals surface area contributed by atoms with Gasteiger partial charge in [-0.2, -0.15) is 0 Å².